The largest absolute Gasteiger partial charge is 0.488 e. The molecule has 0 N–H and O–H groups in total. The van der Waals surface area contributed by atoms with E-state index >= 15 is 0 Å². The fourth-order valence-corrected chi connectivity index (χ4v) is 2.98. The highest BCUT2D eigenvalue weighted by Crippen LogP contribution is 2.26. The molecule has 1 aromatic heterocycles. The second-order valence-corrected chi connectivity index (χ2v) is 6.39. The Morgan fingerprint density at radius 2 is 2.12 bits per heavy atom. The molecule has 0 aliphatic rings. The summed E-state index contributed by atoms with van der Waals surface area (Å²) in [6.45, 7) is 2.59. The SMILES string of the molecule is Cc1cc(Cl)ccc1OCc1ccc(Br)s1. The lowest BCUT2D eigenvalue weighted by Gasteiger charge is -2.07. The van der Waals surface area contributed by atoms with Gasteiger partial charge in [-0.15, -0.1) is 11.3 Å². The maximum absolute atomic E-state index is 5.88. The molecule has 1 aromatic carbocycles. The van der Waals surface area contributed by atoms with Crippen molar-refractivity contribution in [2.45, 2.75) is 13.5 Å². The lowest BCUT2D eigenvalue weighted by atomic mass is 10.2. The Balaban J connectivity index is 2.04. The molecule has 0 aliphatic heterocycles. The van der Waals surface area contributed by atoms with Crippen molar-refractivity contribution in [2.24, 2.45) is 0 Å². The summed E-state index contributed by atoms with van der Waals surface area (Å²) in [5.74, 6) is 0.883. The highest BCUT2D eigenvalue weighted by molar-refractivity contribution is 9.11. The van der Waals surface area contributed by atoms with Crippen molar-refractivity contribution in [1.29, 1.82) is 0 Å². The van der Waals surface area contributed by atoms with Crippen LogP contribution in [-0.2, 0) is 6.61 Å². The van der Waals surface area contributed by atoms with Gasteiger partial charge in [0.1, 0.15) is 12.4 Å². The van der Waals surface area contributed by atoms with Crippen LogP contribution in [0.2, 0.25) is 5.02 Å². The summed E-state index contributed by atoms with van der Waals surface area (Å²) in [6, 6.07) is 9.73. The summed E-state index contributed by atoms with van der Waals surface area (Å²) in [6.07, 6.45) is 0. The Labute approximate surface area is 112 Å². The summed E-state index contributed by atoms with van der Waals surface area (Å²) in [7, 11) is 0. The van der Waals surface area contributed by atoms with Crippen LogP contribution in [0.4, 0.5) is 0 Å². The van der Waals surface area contributed by atoms with Crippen molar-refractivity contribution in [1.82, 2.24) is 0 Å². The van der Waals surface area contributed by atoms with Gasteiger partial charge in [-0.3, -0.25) is 0 Å². The molecule has 0 radical (unpaired) electrons. The van der Waals surface area contributed by atoms with E-state index in [1.54, 1.807) is 11.3 Å². The summed E-state index contributed by atoms with van der Waals surface area (Å²) < 4.78 is 6.85. The first-order chi connectivity index (χ1) is 7.65. The van der Waals surface area contributed by atoms with E-state index in [0.717, 1.165) is 20.1 Å². The van der Waals surface area contributed by atoms with Gasteiger partial charge >= 0.3 is 0 Å². The predicted octanol–water partition coefficient (Wildman–Crippen LogP) is 5.05. The Morgan fingerprint density at radius 3 is 2.75 bits per heavy atom. The topological polar surface area (TPSA) is 9.23 Å². The molecule has 0 saturated heterocycles. The number of rotatable bonds is 3. The second kappa shape index (κ2) is 5.21. The molecule has 0 bridgehead atoms. The smallest absolute Gasteiger partial charge is 0.122 e. The van der Waals surface area contributed by atoms with Gasteiger partial charge in [0.25, 0.3) is 0 Å². The maximum atomic E-state index is 5.88. The molecule has 0 atom stereocenters. The van der Waals surface area contributed by atoms with Crippen molar-refractivity contribution < 1.29 is 4.74 Å². The Hall–Kier alpha value is -0.510. The minimum Gasteiger partial charge on any atom is -0.488 e. The minimum atomic E-state index is 0.596. The Morgan fingerprint density at radius 1 is 1.31 bits per heavy atom. The number of hydrogen-bond acceptors (Lipinski definition) is 2. The van der Waals surface area contributed by atoms with E-state index in [9.17, 15) is 0 Å². The van der Waals surface area contributed by atoms with Crippen LogP contribution in [0.25, 0.3) is 0 Å². The van der Waals surface area contributed by atoms with Gasteiger partial charge in [-0.2, -0.15) is 0 Å². The van der Waals surface area contributed by atoms with E-state index in [1.807, 2.05) is 31.2 Å². The monoisotopic (exact) mass is 316 g/mol. The van der Waals surface area contributed by atoms with Crippen molar-refractivity contribution in [3.8, 4) is 5.75 Å². The molecule has 2 rings (SSSR count). The van der Waals surface area contributed by atoms with Crippen LogP contribution in [0.1, 0.15) is 10.4 Å². The molecule has 0 aliphatic carbocycles. The summed E-state index contributed by atoms with van der Waals surface area (Å²) >= 11 is 11.0. The van der Waals surface area contributed by atoms with Gasteiger partial charge in [-0.1, -0.05) is 11.6 Å². The maximum Gasteiger partial charge on any atom is 0.122 e. The zero-order valence-corrected chi connectivity index (χ0v) is 11.8. The Kier molecular flexibility index (Phi) is 3.90. The van der Waals surface area contributed by atoms with Gasteiger partial charge in [-0.25, -0.2) is 0 Å². The zero-order valence-electron chi connectivity index (χ0n) is 8.67. The number of halogens is 2. The molecule has 0 amide bonds. The molecule has 1 heterocycles. The first-order valence-corrected chi connectivity index (χ1v) is 6.77. The van der Waals surface area contributed by atoms with Crippen molar-refractivity contribution in [3.05, 3.63) is 49.6 Å². The summed E-state index contributed by atoms with van der Waals surface area (Å²) in [5.41, 5.74) is 1.06. The van der Waals surface area contributed by atoms with E-state index in [4.69, 9.17) is 16.3 Å². The van der Waals surface area contributed by atoms with Crippen LogP contribution in [0, 0.1) is 6.92 Å². The molecule has 0 fully saturated rings. The highest BCUT2D eigenvalue weighted by atomic mass is 79.9. The number of aryl methyl sites for hydroxylation is 1. The third-order valence-electron chi connectivity index (χ3n) is 2.14. The normalized spacial score (nSPS) is 10.4. The third-order valence-corrected chi connectivity index (χ3v) is 3.97. The standard InChI is InChI=1S/C12H10BrClOS/c1-8-6-9(14)2-4-11(8)15-7-10-3-5-12(13)16-10/h2-6H,7H2,1H3. The average Bonchev–Trinajstić information content (AvgIpc) is 2.63. The lowest BCUT2D eigenvalue weighted by molar-refractivity contribution is 0.307. The van der Waals surface area contributed by atoms with Crippen molar-refractivity contribution >= 4 is 38.9 Å². The molecule has 0 saturated carbocycles. The van der Waals surface area contributed by atoms with E-state index in [-0.39, 0.29) is 0 Å². The van der Waals surface area contributed by atoms with Gasteiger partial charge in [0.15, 0.2) is 0 Å². The molecule has 2 aromatic rings. The van der Waals surface area contributed by atoms with Gasteiger partial charge in [0, 0.05) is 9.90 Å². The third kappa shape index (κ3) is 3.00. The summed E-state index contributed by atoms with van der Waals surface area (Å²) in [5, 5.41) is 0.740. The zero-order chi connectivity index (χ0) is 11.5. The second-order valence-electron chi connectivity index (χ2n) is 3.40. The molecule has 0 unspecified atom stereocenters. The summed E-state index contributed by atoms with van der Waals surface area (Å²) in [4.78, 5) is 1.20. The quantitative estimate of drug-likeness (QED) is 0.769. The molecule has 1 nitrogen and oxygen atoms in total. The van der Waals surface area contributed by atoms with Gasteiger partial charge in [0.2, 0.25) is 0 Å². The lowest BCUT2D eigenvalue weighted by Crippen LogP contribution is -1.94. The minimum absolute atomic E-state index is 0.596. The van der Waals surface area contributed by atoms with E-state index in [1.165, 1.54) is 4.88 Å². The van der Waals surface area contributed by atoms with Gasteiger partial charge < -0.3 is 4.74 Å². The molecular formula is C12H10BrClOS. The molecule has 0 spiro atoms. The predicted molar refractivity (Wildman–Crippen MR) is 72.5 cm³/mol. The van der Waals surface area contributed by atoms with E-state index in [0.29, 0.717) is 6.61 Å². The van der Waals surface area contributed by atoms with Crippen LogP contribution in [-0.4, -0.2) is 0 Å². The van der Waals surface area contributed by atoms with Crippen molar-refractivity contribution in [2.75, 3.05) is 0 Å². The van der Waals surface area contributed by atoms with E-state index < -0.39 is 0 Å². The average molecular weight is 318 g/mol. The van der Waals surface area contributed by atoms with Crippen LogP contribution in [0.15, 0.2) is 34.1 Å². The number of benzene rings is 1. The first kappa shape index (κ1) is 12.0. The van der Waals surface area contributed by atoms with Crippen LogP contribution in [0.3, 0.4) is 0 Å². The van der Waals surface area contributed by atoms with Crippen LogP contribution >= 0.6 is 38.9 Å². The molecule has 4 heteroatoms. The molecule has 84 valence electrons. The molecular weight excluding hydrogens is 308 g/mol. The Bertz CT molecular complexity index is 496. The van der Waals surface area contributed by atoms with Crippen molar-refractivity contribution in [3.63, 3.8) is 0 Å². The number of ether oxygens (including phenoxy) is 1. The van der Waals surface area contributed by atoms with Gasteiger partial charge in [-0.05, 0) is 58.7 Å². The fourth-order valence-electron chi connectivity index (χ4n) is 1.35. The fraction of sp³-hybridized carbons (Fsp3) is 0.167. The van der Waals surface area contributed by atoms with Gasteiger partial charge in [0.05, 0.1) is 3.79 Å². The van der Waals surface area contributed by atoms with Crippen LogP contribution in [0.5, 0.6) is 5.75 Å². The number of thiophene rings is 1. The molecule has 16 heavy (non-hydrogen) atoms. The van der Waals surface area contributed by atoms with Crippen LogP contribution < -0.4 is 4.74 Å². The number of hydrogen-bond donors (Lipinski definition) is 0. The van der Waals surface area contributed by atoms with E-state index in [2.05, 4.69) is 22.0 Å². The highest BCUT2D eigenvalue weighted by Gasteiger charge is 2.02. The first-order valence-electron chi connectivity index (χ1n) is 4.78.